The van der Waals surface area contributed by atoms with E-state index in [-0.39, 0.29) is 17.3 Å². The lowest BCUT2D eigenvalue weighted by Gasteiger charge is -2.13. The van der Waals surface area contributed by atoms with Gasteiger partial charge in [0, 0.05) is 11.1 Å². The summed E-state index contributed by atoms with van der Waals surface area (Å²) in [7, 11) is 4.45. The van der Waals surface area contributed by atoms with E-state index in [2.05, 4.69) is 10.2 Å². The molecule has 0 bridgehead atoms. The topological polar surface area (TPSA) is 83.7 Å². The van der Waals surface area contributed by atoms with Gasteiger partial charge < -0.3 is 18.6 Å². The van der Waals surface area contributed by atoms with E-state index in [9.17, 15) is 4.79 Å². The quantitative estimate of drug-likeness (QED) is 0.638. The lowest BCUT2D eigenvalue weighted by molar-refractivity contribution is 0.100. The minimum absolute atomic E-state index is 0.117. The van der Waals surface area contributed by atoms with Crippen LogP contribution in [0, 0.1) is 0 Å². The number of aromatic nitrogens is 2. The maximum Gasteiger partial charge on any atom is 0.289 e. The highest BCUT2D eigenvalue weighted by Gasteiger charge is 2.22. The number of hydrogen-bond donors (Lipinski definition) is 0. The smallest absolute Gasteiger partial charge is 0.289 e. The number of carbonyl (C=O) groups is 1. The van der Waals surface area contributed by atoms with Crippen LogP contribution in [0.25, 0.3) is 11.5 Å². The molecule has 0 fully saturated rings. The summed E-state index contributed by atoms with van der Waals surface area (Å²) in [4.78, 5) is 12.7. The minimum atomic E-state index is -0.436. The van der Waals surface area contributed by atoms with E-state index in [0.29, 0.717) is 17.2 Å². The molecule has 0 amide bonds. The zero-order valence-corrected chi connectivity index (χ0v) is 14.0. The second-order valence-electron chi connectivity index (χ2n) is 5.02. The van der Waals surface area contributed by atoms with Crippen molar-refractivity contribution in [2.75, 3.05) is 21.3 Å². The monoisotopic (exact) mass is 340 g/mol. The third-order valence-electron chi connectivity index (χ3n) is 3.57. The Morgan fingerprint density at radius 2 is 1.56 bits per heavy atom. The zero-order chi connectivity index (χ0) is 17.8. The Morgan fingerprint density at radius 3 is 2.12 bits per heavy atom. The first-order valence-electron chi connectivity index (χ1n) is 7.41. The van der Waals surface area contributed by atoms with Crippen LogP contribution in [0.3, 0.4) is 0 Å². The van der Waals surface area contributed by atoms with Crippen molar-refractivity contribution in [2.45, 2.75) is 0 Å². The van der Waals surface area contributed by atoms with Crippen LogP contribution in [0.15, 0.2) is 46.9 Å². The molecular formula is C18H16N2O5. The van der Waals surface area contributed by atoms with Crippen molar-refractivity contribution in [3.63, 3.8) is 0 Å². The van der Waals surface area contributed by atoms with Crippen LogP contribution < -0.4 is 14.2 Å². The van der Waals surface area contributed by atoms with Crippen molar-refractivity contribution in [3.8, 4) is 28.7 Å². The molecule has 0 radical (unpaired) electrons. The number of rotatable bonds is 6. The van der Waals surface area contributed by atoms with Crippen molar-refractivity contribution in [1.29, 1.82) is 0 Å². The van der Waals surface area contributed by atoms with Gasteiger partial charge in [-0.1, -0.05) is 18.2 Å². The van der Waals surface area contributed by atoms with Gasteiger partial charge in [0.25, 0.3) is 5.89 Å². The van der Waals surface area contributed by atoms with Crippen LogP contribution in [0.2, 0.25) is 0 Å². The summed E-state index contributed by atoms with van der Waals surface area (Å²) in [6, 6.07) is 12.3. The van der Waals surface area contributed by atoms with E-state index in [1.165, 1.54) is 33.5 Å². The Morgan fingerprint density at radius 1 is 0.920 bits per heavy atom. The van der Waals surface area contributed by atoms with Crippen molar-refractivity contribution in [2.24, 2.45) is 0 Å². The standard InChI is InChI=1S/C18H16N2O5/c1-22-13-9-12(10-14(23-2)16(13)24-3)15(21)18-20-19-17(25-18)11-7-5-4-6-8-11/h4-10H,1-3H3. The van der Waals surface area contributed by atoms with Gasteiger partial charge in [-0.25, -0.2) is 0 Å². The van der Waals surface area contributed by atoms with E-state index < -0.39 is 5.78 Å². The van der Waals surface area contributed by atoms with Crippen LogP contribution in [0.1, 0.15) is 16.2 Å². The third kappa shape index (κ3) is 3.16. The molecule has 0 aliphatic heterocycles. The first-order valence-corrected chi connectivity index (χ1v) is 7.41. The Kier molecular flexibility index (Phi) is 4.65. The molecule has 0 atom stereocenters. The summed E-state index contributed by atoms with van der Waals surface area (Å²) in [6.07, 6.45) is 0. The van der Waals surface area contributed by atoms with Gasteiger partial charge in [0.15, 0.2) is 11.5 Å². The molecule has 3 aromatic rings. The average Bonchev–Trinajstić information content (AvgIpc) is 3.17. The summed E-state index contributed by atoms with van der Waals surface area (Å²) in [5.74, 6) is 0.858. The molecule has 25 heavy (non-hydrogen) atoms. The minimum Gasteiger partial charge on any atom is -0.493 e. The third-order valence-corrected chi connectivity index (χ3v) is 3.57. The highest BCUT2D eigenvalue weighted by molar-refractivity contribution is 6.06. The molecule has 128 valence electrons. The van der Waals surface area contributed by atoms with Gasteiger partial charge in [-0.3, -0.25) is 4.79 Å². The number of hydrogen-bond acceptors (Lipinski definition) is 7. The summed E-state index contributed by atoms with van der Waals surface area (Å²) >= 11 is 0. The highest BCUT2D eigenvalue weighted by atomic mass is 16.5. The zero-order valence-electron chi connectivity index (χ0n) is 14.0. The van der Waals surface area contributed by atoms with Gasteiger partial charge in [0.05, 0.1) is 21.3 Å². The molecule has 0 aliphatic carbocycles. The number of nitrogens with zero attached hydrogens (tertiary/aromatic N) is 2. The fourth-order valence-corrected chi connectivity index (χ4v) is 2.35. The van der Waals surface area contributed by atoms with Crippen molar-refractivity contribution in [3.05, 3.63) is 53.9 Å². The predicted octanol–water partition coefficient (Wildman–Crippen LogP) is 2.99. The van der Waals surface area contributed by atoms with Gasteiger partial charge in [-0.2, -0.15) is 0 Å². The highest BCUT2D eigenvalue weighted by Crippen LogP contribution is 2.38. The Labute approximate surface area is 144 Å². The van der Waals surface area contributed by atoms with Crippen molar-refractivity contribution in [1.82, 2.24) is 10.2 Å². The fourth-order valence-electron chi connectivity index (χ4n) is 2.35. The molecule has 3 rings (SSSR count). The van der Waals surface area contributed by atoms with Crippen LogP contribution in [-0.4, -0.2) is 37.3 Å². The van der Waals surface area contributed by atoms with Crippen LogP contribution in [-0.2, 0) is 0 Å². The first-order chi connectivity index (χ1) is 12.2. The average molecular weight is 340 g/mol. The number of ketones is 1. The second kappa shape index (κ2) is 7.04. The van der Waals surface area contributed by atoms with Crippen molar-refractivity contribution >= 4 is 5.78 Å². The lowest BCUT2D eigenvalue weighted by atomic mass is 10.1. The van der Waals surface area contributed by atoms with E-state index >= 15 is 0 Å². The number of carbonyl (C=O) groups excluding carboxylic acids is 1. The summed E-state index contributed by atoms with van der Waals surface area (Å²) in [6.45, 7) is 0. The molecule has 1 heterocycles. The molecule has 2 aromatic carbocycles. The van der Waals surface area contributed by atoms with Gasteiger partial charge >= 0.3 is 0 Å². The van der Waals surface area contributed by atoms with E-state index in [1.807, 2.05) is 30.3 Å². The van der Waals surface area contributed by atoms with E-state index in [0.717, 1.165) is 5.56 Å². The molecular weight excluding hydrogens is 324 g/mol. The predicted molar refractivity (Wildman–Crippen MR) is 89.3 cm³/mol. The van der Waals surface area contributed by atoms with Gasteiger partial charge in [0.2, 0.25) is 17.4 Å². The molecule has 0 spiro atoms. The molecule has 0 saturated carbocycles. The van der Waals surface area contributed by atoms with Gasteiger partial charge in [-0.15, -0.1) is 10.2 Å². The Bertz CT molecular complexity index is 864. The molecule has 0 aliphatic rings. The molecule has 1 aromatic heterocycles. The maximum atomic E-state index is 12.7. The molecule has 0 unspecified atom stereocenters. The van der Waals surface area contributed by atoms with E-state index in [4.69, 9.17) is 18.6 Å². The van der Waals surface area contributed by atoms with Gasteiger partial charge in [-0.05, 0) is 24.3 Å². The van der Waals surface area contributed by atoms with Crippen LogP contribution in [0.4, 0.5) is 0 Å². The molecule has 0 N–H and O–H groups in total. The SMILES string of the molecule is COc1cc(C(=O)c2nnc(-c3ccccc3)o2)cc(OC)c1OC. The summed E-state index contributed by atoms with van der Waals surface area (Å²) < 4.78 is 21.3. The fraction of sp³-hybridized carbons (Fsp3) is 0.167. The second-order valence-corrected chi connectivity index (χ2v) is 5.02. The molecule has 7 nitrogen and oxygen atoms in total. The maximum absolute atomic E-state index is 12.7. The largest absolute Gasteiger partial charge is 0.493 e. The van der Waals surface area contributed by atoms with Crippen LogP contribution >= 0.6 is 0 Å². The summed E-state index contributed by atoms with van der Waals surface area (Å²) in [5, 5.41) is 7.77. The number of benzene rings is 2. The first kappa shape index (κ1) is 16.5. The van der Waals surface area contributed by atoms with Gasteiger partial charge in [0.1, 0.15) is 0 Å². The Balaban J connectivity index is 1.97. The molecule has 0 saturated heterocycles. The number of ether oxygens (including phenoxy) is 3. The summed E-state index contributed by atoms with van der Waals surface area (Å²) in [5.41, 5.74) is 1.02. The number of methoxy groups -OCH3 is 3. The molecule has 7 heteroatoms. The van der Waals surface area contributed by atoms with Crippen LogP contribution in [0.5, 0.6) is 17.2 Å². The lowest BCUT2D eigenvalue weighted by Crippen LogP contribution is -2.04. The van der Waals surface area contributed by atoms with Crippen molar-refractivity contribution < 1.29 is 23.4 Å². The normalized spacial score (nSPS) is 10.4. The Hall–Kier alpha value is -3.35. The van der Waals surface area contributed by atoms with E-state index in [1.54, 1.807) is 0 Å².